The second-order valence-electron chi connectivity index (χ2n) is 10.3. The lowest BCUT2D eigenvalue weighted by atomic mass is 10.0. The Morgan fingerprint density at radius 2 is 1.57 bits per heavy atom. The van der Waals surface area contributed by atoms with Crippen LogP contribution in [0.3, 0.4) is 0 Å². The van der Waals surface area contributed by atoms with Gasteiger partial charge in [-0.1, -0.05) is 62.4 Å². The fourth-order valence-corrected chi connectivity index (χ4v) is 4.86. The first-order valence-corrected chi connectivity index (χ1v) is 15.8. The highest BCUT2D eigenvalue weighted by Gasteiger charge is 2.35. The van der Waals surface area contributed by atoms with Crippen molar-refractivity contribution in [1.29, 1.82) is 0 Å². The van der Waals surface area contributed by atoms with E-state index in [0.717, 1.165) is 33.3 Å². The molecule has 3 aromatic carbocycles. The zero-order chi connectivity index (χ0) is 36.7. The Kier molecular flexibility index (Phi) is 15.9. The number of carbonyl (C=O) groups excluding carboxylic acids is 1. The average molecular weight is 692 g/mol. The van der Waals surface area contributed by atoms with E-state index in [0.29, 0.717) is 25.6 Å². The molecule has 0 aliphatic heterocycles. The Morgan fingerprint density at radius 3 is 2.16 bits per heavy atom. The maximum Gasteiger partial charge on any atom is 0.416 e. The molecule has 1 aromatic heterocycles. The van der Waals surface area contributed by atoms with E-state index in [1.165, 1.54) is 32.2 Å². The number of ether oxygens (including phenoxy) is 2. The van der Waals surface area contributed by atoms with Crippen LogP contribution < -0.4 is 21.7 Å². The Hall–Kier alpha value is -4.78. The number of alkyl halides is 3. The van der Waals surface area contributed by atoms with E-state index in [9.17, 15) is 31.9 Å². The molecule has 2 N–H and O–H groups in total. The van der Waals surface area contributed by atoms with Crippen LogP contribution in [0.4, 0.5) is 22.0 Å². The fourth-order valence-electron chi connectivity index (χ4n) is 4.86. The van der Waals surface area contributed by atoms with Gasteiger partial charge in [-0.2, -0.15) is 13.2 Å². The lowest BCUT2D eigenvalue weighted by Gasteiger charge is -2.20. The third-order valence-electron chi connectivity index (χ3n) is 7.24. The first-order chi connectivity index (χ1) is 23.3. The first kappa shape index (κ1) is 40.4. The smallest absolute Gasteiger partial charge is 0.416 e. The van der Waals surface area contributed by atoms with Crippen molar-refractivity contribution in [3.63, 3.8) is 0 Å². The minimum atomic E-state index is -4.89. The number of aromatic nitrogens is 2. The number of halogens is 5. The molecule has 0 unspecified atom stereocenters. The highest BCUT2D eigenvalue weighted by Crippen LogP contribution is 2.34. The summed E-state index contributed by atoms with van der Waals surface area (Å²) in [6, 6.07) is 15.5. The largest absolute Gasteiger partial charge is 0.494 e. The maximum atomic E-state index is 15.3. The molecule has 266 valence electrons. The molecule has 49 heavy (non-hydrogen) atoms. The second-order valence-corrected chi connectivity index (χ2v) is 10.3. The van der Waals surface area contributed by atoms with Crippen LogP contribution in [0.25, 0.3) is 11.1 Å². The summed E-state index contributed by atoms with van der Waals surface area (Å²) in [6.07, 6.45) is -3.48. The standard InChI is InChI=1S/C28H23F5N2O3.C6H13NO2.C2H6/c1-17-24(19-10-6-13-23(38-2)25(19)30)26(36)34(15-14-18-8-4-3-5-9-18)27(37)35(17)16-20-21(28(31,32)33)11-7-12-22(20)29;1-2-9-6(8)4-3-5-7;1-2/h3-13H,14-16H2,1-2H3;2-5,7H2,1H3;1-2H3. The SMILES string of the molecule is CC.CCOC(=O)CCCN.COc1cccc(-c2c(C)n(Cc3c(F)cccc3C(F)(F)F)c(=O)n(CCc3ccccc3)c2=O)c1F. The van der Waals surface area contributed by atoms with E-state index < -0.39 is 46.7 Å². The van der Waals surface area contributed by atoms with Gasteiger partial charge < -0.3 is 15.2 Å². The van der Waals surface area contributed by atoms with Gasteiger partial charge in [0.25, 0.3) is 5.56 Å². The van der Waals surface area contributed by atoms with Crippen molar-refractivity contribution in [2.24, 2.45) is 5.73 Å². The molecule has 0 saturated heterocycles. The highest BCUT2D eigenvalue weighted by molar-refractivity contribution is 5.69. The van der Waals surface area contributed by atoms with E-state index in [-0.39, 0.29) is 41.5 Å². The molecule has 0 fully saturated rings. The number of hydrogen-bond donors (Lipinski definition) is 1. The van der Waals surface area contributed by atoms with Crippen LogP contribution in [-0.2, 0) is 35.2 Å². The molecule has 0 amide bonds. The number of hydrogen-bond acceptors (Lipinski definition) is 6. The highest BCUT2D eigenvalue weighted by atomic mass is 19.4. The third kappa shape index (κ3) is 10.6. The van der Waals surface area contributed by atoms with Crippen LogP contribution >= 0.6 is 0 Å². The fraction of sp³-hybridized carbons (Fsp3) is 0.361. The molecule has 0 spiro atoms. The number of nitrogens with zero attached hydrogens (tertiary/aromatic N) is 2. The summed E-state index contributed by atoms with van der Waals surface area (Å²) in [5.41, 5.74) is 1.64. The van der Waals surface area contributed by atoms with Gasteiger partial charge in [0.05, 0.1) is 31.4 Å². The summed E-state index contributed by atoms with van der Waals surface area (Å²) < 4.78 is 82.4. The minimum Gasteiger partial charge on any atom is -0.494 e. The number of rotatable bonds is 11. The van der Waals surface area contributed by atoms with Crippen molar-refractivity contribution in [1.82, 2.24) is 9.13 Å². The normalized spacial score (nSPS) is 10.8. The van der Waals surface area contributed by atoms with Crippen LogP contribution in [0.1, 0.15) is 56.0 Å². The second kappa shape index (κ2) is 19.3. The van der Waals surface area contributed by atoms with Gasteiger partial charge in [0.2, 0.25) is 0 Å². The van der Waals surface area contributed by atoms with Crippen LogP contribution in [-0.4, -0.2) is 35.4 Å². The van der Waals surface area contributed by atoms with Gasteiger partial charge >= 0.3 is 17.8 Å². The minimum absolute atomic E-state index is 0.112. The summed E-state index contributed by atoms with van der Waals surface area (Å²) in [7, 11) is 1.24. The summed E-state index contributed by atoms with van der Waals surface area (Å²) in [4.78, 5) is 37.6. The van der Waals surface area contributed by atoms with Gasteiger partial charge in [-0.15, -0.1) is 0 Å². The summed E-state index contributed by atoms with van der Waals surface area (Å²) in [6.45, 7) is 7.16. The molecule has 13 heteroatoms. The van der Waals surface area contributed by atoms with E-state index >= 15 is 4.39 Å². The molecule has 0 aliphatic rings. The molecule has 1 heterocycles. The Bertz CT molecular complexity index is 1790. The van der Waals surface area contributed by atoms with Gasteiger partial charge in [0, 0.05) is 29.8 Å². The van der Waals surface area contributed by atoms with Crippen molar-refractivity contribution in [2.75, 3.05) is 20.3 Å². The van der Waals surface area contributed by atoms with Crippen molar-refractivity contribution in [2.45, 2.75) is 66.2 Å². The van der Waals surface area contributed by atoms with Gasteiger partial charge in [-0.25, -0.2) is 13.6 Å². The molecule has 0 aliphatic carbocycles. The number of nitrogens with two attached hydrogens (primary N) is 1. The zero-order valence-electron chi connectivity index (χ0n) is 28.2. The molecule has 0 atom stereocenters. The lowest BCUT2D eigenvalue weighted by molar-refractivity contribution is -0.143. The zero-order valence-corrected chi connectivity index (χ0v) is 28.2. The molecule has 0 bridgehead atoms. The van der Waals surface area contributed by atoms with Crippen LogP contribution in [0, 0.1) is 18.6 Å². The average Bonchev–Trinajstić information content (AvgIpc) is 3.08. The number of carbonyl (C=O) groups is 1. The number of aryl methyl sites for hydroxylation is 1. The summed E-state index contributed by atoms with van der Waals surface area (Å²) in [5, 5.41) is 0. The summed E-state index contributed by atoms with van der Waals surface area (Å²) in [5.74, 6) is -2.36. The molecule has 4 rings (SSSR count). The Morgan fingerprint density at radius 1 is 0.918 bits per heavy atom. The van der Waals surface area contributed by atoms with Gasteiger partial charge in [-0.3, -0.25) is 18.7 Å². The quantitative estimate of drug-likeness (QED) is 0.136. The van der Waals surface area contributed by atoms with Crippen molar-refractivity contribution in [3.05, 3.63) is 122 Å². The lowest BCUT2D eigenvalue weighted by Crippen LogP contribution is -2.43. The molecule has 0 saturated carbocycles. The number of esters is 1. The van der Waals surface area contributed by atoms with Gasteiger partial charge in [0.1, 0.15) is 5.82 Å². The van der Waals surface area contributed by atoms with Crippen molar-refractivity contribution >= 4 is 5.97 Å². The van der Waals surface area contributed by atoms with Crippen LogP contribution in [0.2, 0.25) is 0 Å². The predicted octanol–water partition coefficient (Wildman–Crippen LogP) is 6.90. The summed E-state index contributed by atoms with van der Waals surface area (Å²) >= 11 is 0. The maximum absolute atomic E-state index is 15.3. The van der Waals surface area contributed by atoms with Gasteiger partial charge in [0.15, 0.2) is 11.6 Å². The van der Waals surface area contributed by atoms with Crippen molar-refractivity contribution < 1.29 is 36.2 Å². The molecule has 8 nitrogen and oxygen atoms in total. The topological polar surface area (TPSA) is 106 Å². The monoisotopic (exact) mass is 691 g/mol. The molecule has 4 aromatic rings. The molecular formula is C36H42F5N3O5. The van der Waals surface area contributed by atoms with E-state index in [1.807, 2.05) is 13.8 Å². The first-order valence-electron chi connectivity index (χ1n) is 15.8. The predicted molar refractivity (Wildman–Crippen MR) is 179 cm³/mol. The number of methoxy groups -OCH3 is 1. The molecular weight excluding hydrogens is 649 g/mol. The van der Waals surface area contributed by atoms with Crippen molar-refractivity contribution in [3.8, 4) is 16.9 Å². The van der Waals surface area contributed by atoms with E-state index in [2.05, 4.69) is 4.74 Å². The third-order valence-corrected chi connectivity index (χ3v) is 7.24. The van der Waals surface area contributed by atoms with Crippen LogP contribution in [0.5, 0.6) is 5.75 Å². The molecule has 0 radical (unpaired) electrons. The van der Waals surface area contributed by atoms with Crippen LogP contribution in [0.15, 0.2) is 76.3 Å². The Balaban J connectivity index is 0.000000658. The van der Waals surface area contributed by atoms with E-state index in [1.54, 1.807) is 37.3 Å². The van der Waals surface area contributed by atoms with E-state index in [4.69, 9.17) is 10.5 Å². The number of benzene rings is 3. The Labute approximate surface area is 281 Å². The van der Waals surface area contributed by atoms with Gasteiger partial charge in [-0.05, 0) is 57.0 Å².